The van der Waals surface area contributed by atoms with E-state index in [1.165, 1.54) is 12.8 Å². The van der Waals surface area contributed by atoms with Crippen molar-refractivity contribution in [2.24, 2.45) is 16.7 Å². The second kappa shape index (κ2) is 11.1. The Morgan fingerprint density at radius 2 is 1.77 bits per heavy atom. The lowest BCUT2D eigenvalue weighted by atomic mass is 9.66. The average molecular weight is 439 g/mol. The van der Waals surface area contributed by atoms with Crippen molar-refractivity contribution in [2.75, 3.05) is 13.2 Å². The van der Waals surface area contributed by atoms with E-state index >= 15 is 0 Å². The number of ether oxygens (including phenoxy) is 3. The highest BCUT2D eigenvalue weighted by Gasteiger charge is 2.64. The van der Waals surface area contributed by atoms with Gasteiger partial charge in [-0.1, -0.05) is 33.9 Å². The van der Waals surface area contributed by atoms with Crippen LogP contribution in [-0.4, -0.2) is 48.3 Å². The maximum absolute atomic E-state index is 11.7. The molecule has 0 aromatic rings. The van der Waals surface area contributed by atoms with Gasteiger partial charge in [0.1, 0.15) is 25.7 Å². The van der Waals surface area contributed by atoms with E-state index in [0.717, 1.165) is 18.9 Å². The molecule has 0 aromatic carbocycles. The first-order chi connectivity index (χ1) is 14.4. The van der Waals surface area contributed by atoms with Crippen LogP contribution in [-0.2, 0) is 33.4 Å². The number of hydrogen-bond acceptors (Lipinski definition) is 7. The van der Waals surface area contributed by atoms with Crippen LogP contribution in [0.3, 0.4) is 0 Å². The number of carboxylic acids is 1. The summed E-state index contributed by atoms with van der Waals surface area (Å²) in [5.74, 6) is -2.26. The third kappa shape index (κ3) is 6.42. The topological polar surface area (TPSA) is 116 Å². The monoisotopic (exact) mass is 438 g/mol. The van der Waals surface area contributed by atoms with Gasteiger partial charge in [0.05, 0.1) is 0 Å². The Balaban J connectivity index is 0.000000318. The SMILES string of the molecule is C=C(C)C(=O)OC1CC2CCC1(CC)C2(C)C.C=CC(=O)OCCOC(=O)CC(=O)O. The fourth-order valence-corrected chi connectivity index (χ4v) is 4.78. The van der Waals surface area contributed by atoms with Crippen LogP contribution in [0, 0.1) is 16.7 Å². The van der Waals surface area contributed by atoms with E-state index in [9.17, 15) is 19.2 Å². The molecule has 2 aliphatic rings. The van der Waals surface area contributed by atoms with E-state index in [1.807, 2.05) is 0 Å². The number of carbonyl (C=O) groups is 4. The maximum Gasteiger partial charge on any atom is 0.333 e. The van der Waals surface area contributed by atoms with Crippen molar-refractivity contribution in [3.63, 3.8) is 0 Å². The molecule has 174 valence electrons. The first-order valence-electron chi connectivity index (χ1n) is 10.4. The predicted molar refractivity (Wildman–Crippen MR) is 113 cm³/mol. The van der Waals surface area contributed by atoms with Gasteiger partial charge < -0.3 is 19.3 Å². The number of carbonyl (C=O) groups excluding carboxylic acids is 3. The van der Waals surface area contributed by atoms with Gasteiger partial charge in [0.2, 0.25) is 0 Å². The van der Waals surface area contributed by atoms with Crippen molar-refractivity contribution in [1.29, 1.82) is 0 Å². The van der Waals surface area contributed by atoms with Gasteiger partial charge in [-0.25, -0.2) is 9.59 Å². The summed E-state index contributed by atoms with van der Waals surface area (Å²) < 4.78 is 14.6. The molecule has 3 atom stereocenters. The summed E-state index contributed by atoms with van der Waals surface area (Å²) in [7, 11) is 0. The minimum absolute atomic E-state index is 0.102. The van der Waals surface area contributed by atoms with Gasteiger partial charge in [-0.3, -0.25) is 9.59 Å². The van der Waals surface area contributed by atoms with E-state index in [1.54, 1.807) is 6.92 Å². The number of carboxylic acid groups (broad SMARTS) is 1. The Morgan fingerprint density at radius 1 is 1.16 bits per heavy atom. The molecule has 8 nitrogen and oxygen atoms in total. The summed E-state index contributed by atoms with van der Waals surface area (Å²) in [5.41, 5.74) is 1.02. The van der Waals surface area contributed by atoms with Crippen molar-refractivity contribution >= 4 is 23.9 Å². The highest BCUT2D eigenvalue weighted by Crippen LogP contribution is 2.67. The summed E-state index contributed by atoms with van der Waals surface area (Å²) in [6.45, 7) is 15.2. The fraction of sp³-hybridized carbons (Fsp3) is 0.652. The molecule has 2 rings (SSSR count). The second-order valence-corrected chi connectivity index (χ2v) is 8.54. The summed E-state index contributed by atoms with van der Waals surface area (Å²) >= 11 is 0. The lowest BCUT2D eigenvalue weighted by molar-refractivity contribution is -0.155. The molecule has 0 aromatic heterocycles. The zero-order valence-electron chi connectivity index (χ0n) is 18.9. The molecule has 0 saturated heterocycles. The highest BCUT2D eigenvalue weighted by molar-refractivity contribution is 5.90. The number of fused-ring (bicyclic) bond motifs is 2. The normalized spacial score (nSPS) is 24.9. The molecule has 0 heterocycles. The molecule has 2 bridgehead atoms. The van der Waals surface area contributed by atoms with Crippen LogP contribution in [0.4, 0.5) is 0 Å². The zero-order valence-corrected chi connectivity index (χ0v) is 18.9. The molecule has 8 heteroatoms. The Bertz CT molecular complexity index is 723. The third-order valence-corrected chi connectivity index (χ3v) is 6.64. The molecule has 0 amide bonds. The summed E-state index contributed by atoms with van der Waals surface area (Å²) in [4.78, 5) is 42.8. The van der Waals surface area contributed by atoms with Crippen LogP contribution >= 0.6 is 0 Å². The Morgan fingerprint density at radius 3 is 2.26 bits per heavy atom. The van der Waals surface area contributed by atoms with Gasteiger partial charge in [-0.2, -0.15) is 0 Å². The summed E-state index contributed by atoms with van der Waals surface area (Å²) in [6, 6.07) is 0. The van der Waals surface area contributed by atoms with Gasteiger partial charge in [-0.05, 0) is 43.9 Å². The van der Waals surface area contributed by atoms with Crippen LogP contribution in [0.15, 0.2) is 24.8 Å². The smallest absolute Gasteiger partial charge is 0.333 e. The van der Waals surface area contributed by atoms with Crippen LogP contribution in [0.25, 0.3) is 0 Å². The van der Waals surface area contributed by atoms with E-state index in [4.69, 9.17) is 9.84 Å². The van der Waals surface area contributed by atoms with E-state index < -0.39 is 24.3 Å². The van der Waals surface area contributed by atoms with Crippen molar-refractivity contribution in [3.8, 4) is 0 Å². The van der Waals surface area contributed by atoms with Gasteiger partial charge in [-0.15, -0.1) is 0 Å². The molecule has 2 fully saturated rings. The molecular formula is C23H34O8. The molecule has 0 spiro atoms. The first-order valence-corrected chi connectivity index (χ1v) is 10.4. The Kier molecular flexibility index (Phi) is 9.46. The second-order valence-electron chi connectivity index (χ2n) is 8.54. The van der Waals surface area contributed by atoms with Gasteiger partial charge >= 0.3 is 23.9 Å². The predicted octanol–water partition coefficient (Wildman–Crippen LogP) is 3.44. The third-order valence-electron chi connectivity index (χ3n) is 6.64. The Labute approximate surface area is 183 Å². The zero-order chi connectivity index (χ0) is 23.8. The summed E-state index contributed by atoms with van der Waals surface area (Å²) in [6.07, 6.45) is 5.02. The van der Waals surface area contributed by atoms with Crippen LogP contribution in [0.1, 0.15) is 59.8 Å². The Hall–Kier alpha value is -2.64. The number of aliphatic carboxylic acids is 1. The van der Waals surface area contributed by atoms with Crippen LogP contribution in [0.5, 0.6) is 0 Å². The molecule has 0 radical (unpaired) electrons. The van der Waals surface area contributed by atoms with Crippen molar-refractivity contribution < 1.29 is 38.5 Å². The standard InChI is InChI=1S/C15H24O2.C8H10O6/c1-6-15-8-7-11(14(15,4)5)9-12(15)17-13(16)10(2)3;1-2-7(11)13-3-4-14-8(12)5-6(9)10/h11-12H,2,6-9H2,1,3-5H3;2H,1,3-5H2,(H,9,10). The minimum Gasteiger partial charge on any atom is -0.481 e. The number of esters is 3. The largest absolute Gasteiger partial charge is 0.481 e. The number of hydrogen-bond donors (Lipinski definition) is 1. The van der Waals surface area contributed by atoms with Crippen LogP contribution in [0.2, 0.25) is 0 Å². The average Bonchev–Trinajstić information content (AvgIpc) is 3.06. The molecular weight excluding hydrogens is 404 g/mol. The van der Waals surface area contributed by atoms with E-state index in [-0.39, 0.29) is 30.7 Å². The van der Waals surface area contributed by atoms with E-state index in [2.05, 4.69) is 43.4 Å². The maximum atomic E-state index is 11.7. The van der Waals surface area contributed by atoms with Crippen molar-refractivity contribution in [1.82, 2.24) is 0 Å². The van der Waals surface area contributed by atoms with Gasteiger partial charge in [0.15, 0.2) is 0 Å². The number of rotatable bonds is 9. The lowest BCUT2D eigenvalue weighted by Gasteiger charge is -2.41. The fourth-order valence-electron chi connectivity index (χ4n) is 4.78. The van der Waals surface area contributed by atoms with E-state index in [0.29, 0.717) is 16.9 Å². The highest BCUT2D eigenvalue weighted by atomic mass is 16.6. The quantitative estimate of drug-likeness (QED) is 0.191. The molecule has 31 heavy (non-hydrogen) atoms. The lowest BCUT2D eigenvalue weighted by Crippen LogP contribution is -2.40. The molecule has 2 saturated carbocycles. The first kappa shape index (κ1) is 26.4. The van der Waals surface area contributed by atoms with Crippen molar-refractivity contribution in [3.05, 3.63) is 24.8 Å². The molecule has 1 N–H and O–H groups in total. The van der Waals surface area contributed by atoms with Gasteiger partial charge in [0, 0.05) is 17.1 Å². The molecule has 0 aliphatic heterocycles. The molecule has 2 aliphatic carbocycles. The minimum atomic E-state index is -1.27. The van der Waals surface area contributed by atoms with Crippen molar-refractivity contribution in [2.45, 2.75) is 65.9 Å². The van der Waals surface area contributed by atoms with Crippen LogP contribution < -0.4 is 0 Å². The van der Waals surface area contributed by atoms with Gasteiger partial charge in [0.25, 0.3) is 0 Å². The molecule has 3 unspecified atom stereocenters. The summed E-state index contributed by atoms with van der Waals surface area (Å²) in [5, 5.41) is 8.17.